The van der Waals surface area contributed by atoms with Crippen LogP contribution in [0.4, 0.5) is 0 Å². The molecule has 15 heavy (non-hydrogen) atoms. The van der Waals surface area contributed by atoms with Crippen molar-refractivity contribution in [1.82, 2.24) is 10.5 Å². The number of aldehydes is 1. The highest BCUT2D eigenvalue weighted by molar-refractivity contribution is 6.45. The molecule has 3 atom stereocenters. The Labute approximate surface area is 92.0 Å². The lowest BCUT2D eigenvalue weighted by Crippen LogP contribution is -2.50. The fourth-order valence-corrected chi connectivity index (χ4v) is 2.34. The minimum Gasteiger partial charge on any atom is -0.437 e. The van der Waals surface area contributed by atoms with Crippen LogP contribution in [0.2, 0.25) is 6.82 Å². The van der Waals surface area contributed by atoms with E-state index in [2.05, 4.69) is 24.4 Å². The summed E-state index contributed by atoms with van der Waals surface area (Å²) in [6.45, 7) is 6.98. The van der Waals surface area contributed by atoms with Crippen LogP contribution in [-0.2, 0) is 4.79 Å². The van der Waals surface area contributed by atoms with Crippen LogP contribution in [0.5, 0.6) is 0 Å². The maximum Gasteiger partial charge on any atom is 0.373 e. The summed E-state index contributed by atoms with van der Waals surface area (Å²) < 4.78 is 0. The van der Waals surface area contributed by atoms with Gasteiger partial charge in [0.15, 0.2) is 0 Å². The summed E-state index contributed by atoms with van der Waals surface area (Å²) in [6, 6.07) is 0.347. The molecule has 1 aliphatic heterocycles. The van der Waals surface area contributed by atoms with E-state index in [0.717, 1.165) is 12.8 Å². The van der Waals surface area contributed by atoms with Crippen LogP contribution in [0.3, 0.4) is 0 Å². The first kappa shape index (κ1) is 12.7. The number of hydrogen-bond acceptors (Lipinski definition) is 4. The third-order valence-electron chi connectivity index (χ3n) is 3.15. The Morgan fingerprint density at radius 2 is 2.33 bits per heavy atom. The Morgan fingerprint density at radius 1 is 1.67 bits per heavy atom. The van der Waals surface area contributed by atoms with Crippen molar-refractivity contribution in [2.75, 3.05) is 6.54 Å². The highest BCUT2D eigenvalue weighted by Crippen LogP contribution is 2.24. The predicted octanol–water partition coefficient (Wildman–Crippen LogP) is -0.112. The molecule has 1 aliphatic rings. The van der Waals surface area contributed by atoms with E-state index < -0.39 is 7.05 Å². The van der Waals surface area contributed by atoms with Gasteiger partial charge >= 0.3 is 7.05 Å². The van der Waals surface area contributed by atoms with Crippen molar-refractivity contribution in [3.8, 4) is 0 Å². The Balaban J connectivity index is 2.63. The van der Waals surface area contributed by atoms with Gasteiger partial charge < -0.3 is 20.4 Å². The largest absolute Gasteiger partial charge is 0.437 e. The summed E-state index contributed by atoms with van der Waals surface area (Å²) in [6.07, 6.45) is 1.45. The molecule has 1 rings (SSSR count). The van der Waals surface area contributed by atoms with Crippen LogP contribution < -0.4 is 10.5 Å². The average molecular weight is 212 g/mol. The molecule has 0 radical (unpaired) electrons. The van der Waals surface area contributed by atoms with Gasteiger partial charge in [-0.3, -0.25) is 0 Å². The van der Waals surface area contributed by atoms with Crippen LogP contribution in [0, 0.1) is 11.8 Å². The van der Waals surface area contributed by atoms with Crippen LogP contribution in [-0.4, -0.2) is 37.0 Å². The van der Waals surface area contributed by atoms with Crippen molar-refractivity contribution in [2.45, 2.75) is 39.2 Å². The van der Waals surface area contributed by atoms with Crippen LogP contribution in [0.25, 0.3) is 0 Å². The monoisotopic (exact) mass is 212 g/mol. The molecule has 0 aliphatic carbocycles. The molecule has 1 fully saturated rings. The first-order valence-corrected chi connectivity index (χ1v) is 5.67. The van der Waals surface area contributed by atoms with Crippen molar-refractivity contribution >= 4 is 13.3 Å². The van der Waals surface area contributed by atoms with Gasteiger partial charge in [-0.15, -0.1) is 0 Å². The molecule has 1 unspecified atom stereocenters. The molecular formula is C10H21BN2O2. The highest BCUT2D eigenvalue weighted by Gasteiger charge is 2.37. The number of nitrogens with one attached hydrogen (secondary N) is 2. The molecule has 0 spiro atoms. The molecule has 1 saturated heterocycles. The SMILES string of the molecule is CB(O)NC1[C@H](C(C)C)CN[C@@H]1CC=O. The van der Waals surface area contributed by atoms with Gasteiger partial charge in [0.2, 0.25) is 0 Å². The molecule has 1 heterocycles. The first-order chi connectivity index (χ1) is 7.06. The average Bonchev–Trinajstić information content (AvgIpc) is 2.48. The van der Waals surface area contributed by atoms with Gasteiger partial charge in [-0.05, 0) is 18.7 Å². The van der Waals surface area contributed by atoms with E-state index in [4.69, 9.17) is 0 Å². The van der Waals surface area contributed by atoms with E-state index in [1.165, 1.54) is 0 Å². The van der Waals surface area contributed by atoms with Gasteiger partial charge in [0.25, 0.3) is 0 Å². The second kappa shape index (κ2) is 5.63. The van der Waals surface area contributed by atoms with Gasteiger partial charge in [0, 0.05) is 25.0 Å². The molecule has 4 nitrogen and oxygen atoms in total. The first-order valence-electron chi connectivity index (χ1n) is 5.67. The third kappa shape index (κ3) is 3.29. The summed E-state index contributed by atoms with van der Waals surface area (Å²) >= 11 is 0. The standard InChI is InChI=1S/C10H21BN2O2/c1-7(2)8-6-12-9(4-5-14)10(8)13-11(3)15/h5,7-10,12-13,15H,4,6H2,1-3H3/t8-,9+,10?/m0/s1. The second-order valence-electron chi connectivity index (χ2n) is 4.69. The lowest BCUT2D eigenvalue weighted by molar-refractivity contribution is -0.108. The summed E-state index contributed by atoms with van der Waals surface area (Å²) in [7, 11) is -0.523. The van der Waals surface area contributed by atoms with Crippen molar-refractivity contribution in [1.29, 1.82) is 0 Å². The van der Waals surface area contributed by atoms with E-state index >= 15 is 0 Å². The molecule has 0 amide bonds. The molecule has 0 saturated carbocycles. The van der Waals surface area contributed by atoms with E-state index in [9.17, 15) is 9.82 Å². The van der Waals surface area contributed by atoms with Crippen molar-refractivity contribution in [3.05, 3.63) is 0 Å². The maximum absolute atomic E-state index is 10.5. The summed E-state index contributed by atoms with van der Waals surface area (Å²) in [5.41, 5.74) is 0. The van der Waals surface area contributed by atoms with Crippen molar-refractivity contribution < 1.29 is 9.82 Å². The van der Waals surface area contributed by atoms with E-state index in [-0.39, 0.29) is 12.1 Å². The van der Waals surface area contributed by atoms with E-state index in [0.29, 0.717) is 18.3 Å². The predicted molar refractivity (Wildman–Crippen MR) is 61.6 cm³/mol. The Bertz CT molecular complexity index is 212. The smallest absolute Gasteiger partial charge is 0.373 e. The van der Waals surface area contributed by atoms with Gasteiger partial charge in [-0.2, -0.15) is 0 Å². The highest BCUT2D eigenvalue weighted by atomic mass is 16.2. The lowest BCUT2D eigenvalue weighted by atomic mass is 9.80. The number of carbonyl (C=O) groups is 1. The molecule has 0 aromatic rings. The van der Waals surface area contributed by atoms with Crippen molar-refractivity contribution in [3.63, 3.8) is 0 Å². The molecule has 0 bridgehead atoms. The summed E-state index contributed by atoms with van der Waals surface area (Å²) in [5, 5.41) is 15.9. The molecule has 0 aromatic carbocycles. The lowest BCUT2D eigenvalue weighted by Gasteiger charge is -2.27. The molecule has 3 N–H and O–H groups in total. The number of rotatable bonds is 5. The van der Waals surface area contributed by atoms with Gasteiger partial charge in [-0.25, -0.2) is 0 Å². The van der Waals surface area contributed by atoms with Crippen LogP contribution in [0.15, 0.2) is 0 Å². The fraction of sp³-hybridized carbons (Fsp3) is 0.900. The Kier molecular flexibility index (Phi) is 4.76. The van der Waals surface area contributed by atoms with Crippen LogP contribution >= 0.6 is 0 Å². The number of hydrogen-bond donors (Lipinski definition) is 3. The third-order valence-corrected chi connectivity index (χ3v) is 3.15. The zero-order valence-electron chi connectivity index (χ0n) is 9.73. The molecule has 0 aromatic heterocycles. The minimum atomic E-state index is -0.523. The Morgan fingerprint density at radius 3 is 2.80 bits per heavy atom. The maximum atomic E-state index is 10.5. The summed E-state index contributed by atoms with van der Waals surface area (Å²) in [5.74, 6) is 1.02. The molecule has 86 valence electrons. The summed E-state index contributed by atoms with van der Waals surface area (Å²) in [4.78, 5) is 10.5. The van der Waals surface area contributed by atoms with E-state index in [1.807, 2.05) is 0 Å². The van der Waals surface area contributed by atoms with Gasteiger partial charge in [-0.1, -0.05) is 13.8 Å². The zero-order chi connectivity index (χ0) is 11.4. The molecule has 5 heteroatoms. The van der Waals surface area contributed by atoms with E-state index in [1.54, 1.807) is 6.82 Å². The minimum absolute atomic E-state index is 0.157. The second-order valence-corrected chi connectivity index (χ2v) is 4.69. The molecular weight excluding hydrogens is 191 g/mol. The van der Waals surface area contributed by atoms with Crippen LogP contribution in [0.1, 0.15) is 20.3 Å². The van der Waals surface area contributed by atoms with Gasteiger partial charge in [0.05, 0.1) is 0 Å². The van der Waals surface area contributed by atoms with Crippen molar-refractivity contribution in [2.24, 2.45) is 11.8 Å². The Hall–Kier alpha value is -0.385. The quantitative estimate of drug-likeness (QED) is 0.439. The van der Waals surface area contributed by atoms with Gasteiger partial charge in [0.1, 0.15) is 6.29 Å². The zero-order valence-corrected chi connectivity index (χ0v) is 9.73. The normalized spacial score (nSPS) is 30.9. The number of carbonyl (C=O) groups excluding carboxylic acids is 1. The topological polar surface area (TPSA) is 61.4 Å². The fourth-order valence-electron chi connectivity index (χ4n) is 2.34.